The number of rotatable bonds is 2. The minimum absolute atomic E-state index is 0.0707. The molecule has 1 unspecified atom stereocenters. The number of fused-ring (bicyclic) bond motifs is 2. The lowest BCUT2D eigenvalue weighted by Gasteiger charge is -2.42. The van der Waals surface area contributed by atoms with Gasteiger partial charge in [0.15, 0.2) is 0 Å². The fourth-order valence-electron chi connectivity index (χ4n) is 3.45. The molecule has 2 amide bonds. The number of aromatic amines is 1. The van der Waals surface area contributed by atoms with Gasteiger partial charge in [-0.25, -0.2) is 9.89 Å². The fourth-order valence-corrected chi connectivity index (χ4v) is 3.45. The van der Waals surface area contributed by atoms with E-state index in [1.165, 1.54) is 0 Å². The summed E-state index contributed by atoms with van der Waals surface area (Å²) in [6.07, 6.45) is 3.08. The van der Waals surface area contributed by atoms with E-state index in [0.29, 0.717) is 17.9 Å². The van der Waals surface area contributed by atoms with Crippen LogP contribution >= 0.6 is 0 Å². The number of urea groups is 1. The molecule has 0 aliphatic carbocycles. The van der Waals surface area contributed by atoms with Crippen molar-refractivity contribution in [3.05, 3.63) is 0 Å². The number of carbonyl (C=O) groups is 1. The SMILES string of the molecule is C[C@@H]1CC(NC(N)=O)[C@H]2CC[C@@H]1N2c1nnn[nH]1. The van der Waals surface area contributed by atoms with Gasteiger partial charge in [0.25, 0.3) is 0 Å². The number of primary amides is 1. The summed E-state index contributed by atoms with van der Waals surface area (Å²) in [5, 5.41) is 16.9. The third-order valence-corrected chi connectivity index (χ3v) is 4.13. The number of nitrogens with two attached hydrogens (primary N) is 1. The quantitative estimate of drug-likeness (QED) is 0.662. The highest BCUT2D eigenvalue weighted by molar-refractivity contribution is 5.72. The normalized spacial score (nSPS) is 34.6. The number of nitrogens with one attached hydrogen (secondary N) is 2. The predicted octanol–water partition coefficient (Wildman–Crippen LogP) is -0.386. The molecule has 0 radical (unpaired) electrons. The van der Waals surface area contributed by atoms with Crippen LogP contribution in [0.4, 0.5) is 10.7 Å². The molecule has 1 aromatic heterocycles. The van der Waals surface area contributed by atoms with Crippen LogP contribution in [0.5, 0.6) is 0 Å². The van der Waals surface area contributed by atoms with Gasteiger partial charge in [-0.05, 0) is 35.6 Å². The van der Waals surface area contributed by atoms with Crippen molar-refractivity contribution in [3.63, 3.8) is 0 Å². The monoisotopic (exact) mass is 251 g/mol. The lowest BCUT2D eigenvalue weighted by molar-refractivity contribution is 0.232. The summed E-state index contributed by atoms with van der Waals surface area (Å²) in [6.45, 7) is 2.19. The van der Waals surface area contributed by atoms with Crippen LogP contribution in [0.1, 0.15) is 26.2 Å². The van der Waals surface area contributed by atoms with E-state index in [2.05, 4.69) is 37.8 Å². The Morgan fingerprint density at radius 2 is 2.28 bits per heavy atom. The Balaban J connectivity index is 1.88. The average Bonchev–Trinajstić information content (AvgIpc) is 2.93. The molecule has 98 valence electrons. The topological polar surface area (TPSA) is 113 Å². The number of aromatic nitrogens is 4. The van der Waals surface area contributed by atoms with E-state index in [-0.39, 0.29) is 12.1 Å². The number of amides is 2. The smallest absolute Gasteiger partial charge is 0.312 e. The van der Waals surface area contributed by atoms with Gasteiger partial charge in [0, 0.05) is 6.04 Å². The number of hydrogen-bond acceptors (Lipinski definition) is 5. The van der Waals surface area contributed by atoms with Crippen molar-refractivity contribution in [1.82, 2.24) is 25.9 Å². The molecule has 1 aromatic rings. The molecule has 0 spiro atoms. The largest absolute Gasteiger partial charge is 0.352 e. The number of piperidine rings is 1. The Morgan fingerprint density at radius 1 is 1.50 bits per heavy atom. The first-order valence-corrected chi connectivity index (χ1v) is 6.25. The molecule has 2 fully saturated rings. The van der Waals surface area contributed by atoms with Crippen LogP contribution in [-0.2, 0) is 0 Å². The molecule has 18 heavy (non-hydrogen) atoms. The highest BCUT2D eigenvalue weighted by Crippen LogP contribution is 2.40. The molecule has 2 aliphatic rings. The van der Waals surface area contributed by atoms with Crippen molar-refractivity contribution in [3.8, 4) is 0 Å². The first kappa shape index (κ1) is 11.2. The van der Waals surface area contributed by atoms with Gasteiger partial charge in [0.05, 0.1) is 12.1 Å². The van der Waals surface area contributed by atoms with E-state index in [1.54, 1.807) is 0 Å². The standard InChI is InChI=1S/C10H17N7O/c1-5-4-6(12-9(11)18)8-3-2-7(5)17(8)10-13-15-16-14-10/h5-8H,2-4H2,1H3,(H3,11,12,18)(H,13,14,15,16)/t5-,6?,7+,8-/m1/s1. The molecule has 8 nitrogen and oxygen atoms in total. The Morgan fingerprint density at radius 3 is 2.94 bits per heavy atom. The molecular weight excluding hydrogens is 234 g/mol. The summed E-state index contributed by atoms with van der Waals surface area (Å²) >= 11 is 0. The third kappa shape index (κ3) is 1.68. The molecule has 0 aromatic carbocycles. The first-order chi connectivity index (χ1) is 8.66. The van der Waals surface area contributed by atoms with E-state index in [0.717, 1.165) is 19.3 Å². The van der Waals surface area contributed by atoms with Crippen molar-refractivity contribution in [2.45, 2.75) is 44.3 Å². The van der Waals surface area contributed by atoms with E-state index in [9.17, 15) is 4.79 Å². The second-order valence-electron chi connectivity index (χ2n) is 5.17. The van der Waals surface area contributed by atoms with Crippen LogP contribution in [0, 0.1) is 5.92 Å². The van der Waals surface area contributed by atoms with E-state index in [4.69, 9.17) is 5.73 Å². The number of tetrazole rings is 1. The molecule has 3 heterocycles. The van der Waals surface area contributed by atoms with Crippen molar-refractivity contribution in [2.75, 3.05) is 4.90 Å². The molecule has 4 N–H and O–H groups in total. The third-order valence-electron chi connectivity index (χ3n) is 4.13. The Kier molecular flexibility index (Phi) is 2.57. The number of hydrogen-bond donors (Lipinski definition) is 3. The van der Waals surface area contributed by atoms with E-state index >= 15 is 0 Å². The molecule has 3 rings (SSSR count). The maximum Gasteiger partial charge on any atom is 0.312 e. The highest BCUT2D eigenvalue weighted by Gasteiger charge is 2.47. The molecular formula is C10H17N7O. The second kappa shape index (κ2) is 4.11. The Bertz CT molecular complexity index is 433. The summed E-state index contributed by atoms with van der Waals surface area (Å²) < 4.78 is 0. The summed E-state index contributed by atoms with van der Waals surface area (Å²) in [4.78, 5) is 13.3. The first-order valence-electron chi connectivity index (χ1n) is 6.25. The molecule has 2 aliphatic heterocycles. The number of anilines is 1. The zero-order valence-electron chi connectivity index (χ0n) is 10.2. The van der Waals surface area contributed by atoms with Crippen molar-refractivity contribution in [2.24, 2.45) is 11.7 Å². The van der Waals surface area contributed by atoms with Gasteiger partial charge < -0.3 is 16.0 Å². The van der Waals surface area contributed by atoms with Crippen LogP contribution in [0.15, 0.2) is 0 Å². The maximum atomic E-state index is 11.1. The lowest BCUT2D eigenvalue weighted by atomic mass is 9.89. The minimum Gasteiger partial charge on any atom is -0.352 e. The van der Waals surface area contributed by atoms with Gasteiger partial charge >= 0.3 is 6.03 Å². The fraction of sp³-hybridized carbons (Fsp3) is 0.800. The lowest BCUT2D eigenvalue weighted by Crippen LogP contribution is -2.58. The summed E-state index contributed by atoms with van der Waals surface area (Å²) in [5.74, 6) is 1.16. The van der Waals surface area contributed by atoms with Crippen molar-refractivity contribution < 1.29 is 4.79 Å². The second-order valence-corrected chi connectivity index (χ2v) is 5.17. The van der Waals surface area contributed by atoms with E-state index < -0.39 is 6.03 Å². The zero-order valence-corrected chi connectivity index (χ0v) is 10.2. The van der Waals surface area contributed by atoms with Crippen LogP contribution in [-0.4, -0.2) is 44.8 Å². The molecule has 4 atom stereocenters. The van der Waals surface area contributed by atoms with Crippen LogP contribution < -0.4 is 16.0 Å². The predicted molar refractivity (Wildman–Crippen MR) is 63.8 cm³/mol. The van der Waals surface area contributed by atoms with Gasteiger partial charge in [0.1, 0.15) is 0 Å². The van der Waals surface area contributed by atoms with Gasteiger partial charge in [-0.15, -0.1) is 0 Å². The van der Waals surface area contributed by atoms with E-state index in [1.807, 2.05) is 0 Å². The number of nitrogens with zero attached hydrogens (tertiary/aromatic N) is 4. The Hall–Kier alpha value is -1.86. The molecule has 8 heteroatoms. The summed E-state index contributed by atoms with van der Waals surface area (Å²) in [7, 11) is 0. The summed E-state index contributed by atoms with van der Waals surface area (Å²) in [6, 6.07) is 0.277. The zero-order chi connectivity index (χ0) is 12.7. The average molecular weight is 251 g/mol. The van der Waals surface area contributed by atoms with Crippen LogP contribution in [0.3, 0.4) is 0 Å². The van der Waals surface area contributed by atoms with Gasteiger partial charge in [0.2, 0.25) is 5.95 Å². The molecule has 2 saturated heterocycles. The summed E-state index contributed by atoms with van der Waals surface area (Å²) in [5.41, 5.74) is 5.25. The van der Waals surface area contributed by atoms with Gasteiger partial charge in [-0.1, -0.05) is 12.0 Å². The number of H-pyrrole nitrogens is 1. The van der Waals surface area contributed by atoms with Gasteiger partial charge in [-0.3, -0.25) is 0 Å². The number of carbonyl (C=O) groups excluding carboxylic acids is 1. The molecule has 2 bridgehead atoms. The van der Waals surface area contributed by atoms with Crippen molar-refractivity contribution in [1.29, 1.82) is 0 Å². The Labute approximate surface area is 104 Å². The van der Waals surface area contributed by atoms with Crippen molar-refractivity contribution >= 4 is 12.0 Å². The molecule has 0 saturated carbocycles. The minimum atomic E-state index is -0.465. The van der Waals surface area contributed by atoms with Gasteiger partial charge in [-0.2, -0.15) is 0 Å². The maximum absolute atomic E-state index is 11.1. The van der Waals surface area contributed by atoms with Crippen LogP contribution in [0.2, 0.25) is 0 Å². The highest BCUT2D eigenvalue weighted by atomic mass is 16.2. The van der Waals surface area contributed by atoms with Crippen LogP contribution in [0.25, 0.3) is 0 Å².